The molecule has 1 aromatic rings. The number of hydrogen-bond acceptors (Lipinski definition) is 1. The van der Waals surface area contributed by atoms with Crippen molar-refractivity contribution < 1.29 is 4.39 Å². The van der Waals surface area contributed by atoms with Crippen LogP contribution in [0.2, 0.25) is 0 Å². The van der Waals surface area contributed by atoms with Gasteiger partial charge in [-0.05, 0) is 23.5 Å². The third-order valence-corrected chi connectivity index (χ3v) is 2.01. The highest BCUT2D eigenvalue weighted by Gasteiger charge is 2.09. The molecule has 0 aliphatic rings. The number of hydrogen-bond donors (Lipinski definition) is 0. The minimum absolute atomic E-state index is 0.177. The van der Waals surface area contributed by atoms with Crippen molar-refractivity contribution in [3.05, 3.63) is 29.3 Å². The van der Waals surface area contributed by atoms with Gasteiger partial charge in [-0.2, -0.15) is 0 Å². The van der Waals surface area contributed by atoms with Gasteiger partial charge in [0, 0.05) is 6.20 Å². The van der Waals surface area contributed by atoms with Crippen molar-refractivity contribution >= 4 is 0 Å². The molecule has 1 aromatic heterocycles. The van der Waals surface area contributed by atoms with E-state index in [0.717, 1.165) is 17.5 Å². The van der Waals surface area contributed by atoms with Crippen LogP contribution in [0.25, 0.3) is 0 Å². The highest BCUT2D eigenvalue weighted by Crippen LogP contribution is 2.20. The van der Waals surface area contributed by atoms with E-state index in [1.54, 1.807) is 6.20 Å². The Labute approximate surface area is 72.6 Å². The van der Waals surface area contributed by atoms with Crippen LogP contribution in [-0.4, -0.2) is 4.98 Å². The monoisotopic (exact) mass is 167 g/mol. The van der Waals surface area contributed by atoms with Crippen LogP contribution in [0.5, 0.6) is 0 Å². The minimum Gasteiger partial charge on any atom is -0.261 e. The zero-order chi connectivity index (χ0) is 9.14. The van der Waals surface area contributed by atoms with E-state index in [9.17, 15) is 4.39 Å². The van der Waals surface area contributed by atoms with Crippen molar-refractivity contribution in [1.29, 1.82) is 0 Å². The van der Waals surface area contributed by atoms with E-state index < -0.39 is 0 Å². The fourth-order valence-electron chi connectivity index (χ4n) is 1.35. The highest BCUT2D eigenvalue weighted by molar-refractivity contribution is 5.27. The van der Waals surface area contributed by atoms with Gasteiger partial charge in [0.05, 0.1) is 6.20 Å². The van der Waals surface area contributed by atoms with Crippen LogP contribution in [0.4, 0.5) is 4.39 Å². The second kappa shape index (κ2) is 3.65. The van der Waals surface area contributed by atoms with Crippen LogP contribution < -0.4 is 0 Å². The molecule has 0 aliphatic carbocycles. The molecule has 1 heterocycles. The molecule has 0 amide bonds. The van der Waals surface area contributed by atoms with Gasteiger partial charge in [0.25, 0.3) is 0 Å². The normalized spacial score (nSPS) is 10.8. The molecule has 0 bridgehead atoms. The number of rotatable bonds is 2. The van der Waals surface area contributed by atoms with Gasteiger partial charge >= 0.3 is 0 Å². The van der Waals surface area contributed by atoms with E-state index in [0.29, 0.717) is 5.92 Å². The summed E-state index contributed by atoms with van der Waals surface area (Å²) in [7, 11) is 0. The predicted octanol–water partition coefficient (Wildman–Crippen LogP) is 2.91. The smallest absolute Gasteiger partial charge is 0.144 e. The molecule has 0 spiro atoms. The Morgan fingerprint density at radius 3 is 2.50 bits per heavy atom. The number of nitrogens with zero attached hydrogens (tertiary/aromatic N) is 1. The number of aromatic nitrogens is 1. The maximum atomic E-state index is 13.1. The molecule has 0 saturated carbocycles. The zero-order valence-electron chi connectivity index (χ0n) is 7.76. The van der Waals surface area contributed by atoms with Crippen LogP contribution in [0.15, 0.2) is 12.4 Å². The predicted molar refractivity (Wildman–Crippen MR) is 47.7 cm³/mol. The highest BCUT2D eigenvalue weighted by atomic mass is 19.1. The molecule has 12 heavy (non-hydrogen) atoms. The lowest BCUT2D eigenvalue weighted by Crippen LogP contribution is -1.99. The van der Waals surface area contributed by atoms with Gasteiger partial charge in [0.1, 0.15) is 5.82 Å². The minimum atomic E-state index is -0.177. The molecular formula is C10H14FN. The molecule has 0 radical (unpaired) electrons. The average Bonchev–Trinajstić information content (AvgIpc) is 2.03. The first-order valence-corrected chi connectivity index (χ1v) is 4.29. The summed E-state index contributed by atoms with van der Waals surface area (Å²) in [6.45, 7) is 6.07. The summed E-state index contributed by atoms with van der Waals surface area (Å²) in [6.07, 6.45) is 3.78. The Morgan fingerprint density at radius 1 is 1.42 bits per heavy atom. The van der Waals surface area contributed by atoms with E-state index in [4.69, 9.17) is 0 Å². The Bertz CT molecular complexity index is 269. The maximum absolute atomic E-state index is 13.1. The first kappa shape index (κ1) is 9.17. The van der Waals surface area contributed by atoms with Crippen molar-refractivity contribution in [3.8, 4) is 0 Å². The van der Waals surface area contributed by atoms with Crippen molar-refractivity contribution in [1.82, 2.24) is 4.98 Å². The van der Waals surface area contributed by atoms with Gasteiger partial charge in [-0.25, -0.2) is 4.39 Å². The van der Waals surface area contributed by atoms with Crippen LogP contribution in [0.3, 0.4) is 0 Å². The first-order valence-electron chi connectivity index (χ1n) is 4.29. The van der Waals surface area contributed by atoms with Gasteiger partial charge in [0.15, 0.2) is 0 Å². The summed E-state index contributed by atoms with van der Waals surface area (Å²) in [5.74, 6) is 0.173. The van der Waals surface area contributed by atoms with E-state index in [2.05, 4.69) is 18.8 Å². The summed E-state index contributed by atoms with van der Waals surface area (Å²) < 4.78 is 13.1. The quantitative estimate of drug-likeness (QED) is 0.660. The molecule has 66 valence electrons. The molecule has 0 aliphatic heterocycles. The van der Waals surface area contributed by atoms with Gasteiger partial charge in [-0.1, -0.05) is 20.8 Å². The van der Waals surface area contributed by atoms with Gasteiger partial charge < -0.3 is 0 Å². The fourth-order valence-corrected chi connectivity index (χ4v) is 1.35. The second-order valence-corrected chi connectivity index (χ2v) is 3.20. The molecule has 0 N–H and O–H groups in total. The molecule has 1 rings (SSSR count). The van der Waals surface area contributed by atoms with E-state index in [1.165, 1.54) is 6.20 Å². The number of halogens is 1. The van der Waals surface area contributed by atoms with Crippen LogP contribution >= 0.6 is 0 Å². The molecule has 1 nitrogen and oxygen atoms in total. The Balaban J connectivity index is 3.18. The van der Waals surface area contributed by atoms with Crippen molar-refractivity contribution in [2.24, 2.45) is 0 Å². The average molecular weight is 167 g/mol. The molecule has 0 fully saturated rings. The van der Waals surface area contributed by atoms with Crippen molar-refractivity contribution in [2.75, 3.05) is 0 Å². The summed E-state index contributed by atoms with van der Waals surface area (Å²) in [5.41, 5.74) is 1.83. The third kappa shape index (κ3) is 1.63. The summed E-state index contributed by atoms with van der Waals surface area (Å²) in [4.78, 5) is 3.84. The Kier molecular flexibility index (Phi) is 2.79. The fraction of sp³-hybridized carbons (Fsp3) is 0.500. The SMILES string of the molecule is CCc1c(F)cncc1C(C)C. The molecule has 0 saturated heterocycles. The molecule has 0 unspecified atom stereocenters. The van der Waals surface area contributed by atoms with Crippen LogP contribution in [0.1, 0.15) is 37.8 Å². The van der Waals surface area contributed by atoms with E-state index in [1.807, 2.05) is 6.92 Å². The largest absolute Gasteiger partial charge is 0.261 e. The molecular weight excluding hydrogens is 153 g/mol. The van der Waals surface area contributed by atoms with Crippen LogP contribution in [0, 0.1) is 5.82 Å². The van der Waals surface area contributed by atoms with Gasteiger partial charge in [-0.3, -0.25) is 4.98 Å². The van der Waals surface area contributed by atoms with Gasteiger partial charge in [0.2, 0.25) is 0 Å². The second-order valence-electron chi connectivity index (χ2n) is 3.20. The standard InChI is InChI=1S/C10H14FN/c1-4-8-9(7(2)3)5-12-6-10(8)11/h5-7H,4H2,1-3H3. The third-order valence-electron chi connectivity index (χ3n) is 2.01. The van der Waals surface area contributed by atoms with E-state index >= 15 is 0 Å². The summed E-state index contributed by atoms with van der Waals surface area (Å²) in [5, 5.41) is 0. The maximum Gasteiger partial charge on any atom is 0.144 e. The van der Waals surface area contributed by atoms with Crippen molar-refractivity contribution in [2.45, 2.75) is 33.1 Å². The Hall–Kier alpha value is -0.920. The summed E-state index contributed by atoms with van der Waals surface area (Å²) in [6, 6.07) is 0. The Morgan fingerprint density at radius 2 is 2.08 bits per heavy atom. The first-order chi connectivity index (χ1) is 5.66. The van der Waals surface area contributed by atoms with E-state index in [-0.39, 0.29) is 5.82 Å². The molecule has 0 aromatic carbocycles. The lowest BCUT2D eigenvalue weighted by Gasteiger charge is -2.10. The van der Waals surface area contributed by atoms with Crippen LogP contribution in [-0.2, 0) is 6.42 Å². The van der Waals surface area contributed by atoms with Gasteiger partial charge in [-0.15, -0.1) is 0 Å². The topological polar surface area (TPSA) is 12.9 Å². The van der Waals surface area contributed by atoms with Crippen molar-refractivity contribution in [3.63, 3.8) is 0 Å². The lowest BCUT2D eigenvalue weighted by atomic mass is 9.98. The zero-order valence-corrected chi connectivity index (χ0v) is 7.76. The molecule has 2 heteroatoms. The lowest BCUT2D eigenvalue weighted by molar-refractivity contribution is 0.597. The summed E-state index contributed by atoms with van der Waals surface area (Å²) >= 11 is 0. The number of pyridine rings is 1. The molecule has 0 atom stereocenters.